The summed E-state index contributed by atoms with van der Waals surface area (Å²) in [7, 11) is 0. The Kier molecular flexibility index (Phi) is 6.07. The van der Waals surface area contributed by atoms with Crippen molar-refractivity contribution in [1.82, 2.24) is 10.2 Å². The SMILES string of the molecule is CCC1(CC)CN(CCOc2cccc(C)c2)CCCN1. The summed E-state index contributed by atoms with van der Waals surface area (Å²) >= 11 is 0. The van der Waals surface area contributed by atoms with Crippen LogP contribution >= 0.6 is 0 Å². The van der Waals surface area contributed by atoms with Crippen LogP contribution in [-0.4, -0.2) is 43.2 Å². The molecule has 1 N–H and O–H groups in total. The predicted molar refractivity (Wildman–Crippen MR) is 89.0 cm³/mol. The van der Waals surface area contributed by atoms with Crippen molar-refractivity contribution in [2.24, 2.45) is 0 Å². The van der Waals surface area contributed by atoms with Crippen molar-refractivity contribution in [2.75, 3.05) is 32.8 Å². The number of ether oxygens (including phenoxy) is 1. The molecule has 3 nitrogen and oxygen atoms in total. The molecule has 1 aliphatic heterocycles. The largest absolute Gasteiger partial charge is 0.492 e. The monoisotopic (exact) mass is 290 g/mol. The van der Waals surface area contributed by atoms with Crippen molar-refractivity contribution < 1.29 is 4.74 Å². The average Bonchev–Trinajstić information content (AvgIpc) is 2.70. The van der Waals surface area contributed by atoms with E-state index in [-0.39, 0.29) is 0 Å². The predicted octanol–water partition coefficient (Wildman–Crippen LogP) is 3.23. The minimum absolute atomic E-state index is 0.292. The molecule has 1 fully saturated rings. The molecule has 0 aliphatic carbocycles. The van der Waals surface area contributed by atoms with Crippen LogP contribution in [0.2, 0.25) is 0 Å². The molecule has 0 radical (unpaired) electrons. The van der Waals surface area contributed by atoms with Crippen LogP contribution in [0, 0.1) is 6.92 Å². The highest BCUT2D eigenvalue weighted by molar-refractivity contribution is 5.27. The molecule has 1 saturated heterocycles. The molecule has 1 aliphatic rings. The third kappa shape index (κ3) is 4.72. The summed E-state index contributed by atoms with van der Waals surface area (Å²) in [6.45, 7) is 11.9. The molecule has 3 heteroatoms. The van der Waals surface area contributed by atoms with E-state index in [2.05, 4.69) is 49.2 Å². The quantitative estimate of drug-likeness (QED) is 0.870. The van der Waals surface area contributed by atoms with Gasteiger partial charge in [0.2, 0.25) is 0 Å². The normalized spacial score (nSPS) is 19.2. The Morgan fingerprint density at radius 3 is 2.81 bits per heavy atom. The highest BCUT2D eigenvalue weighted by Gasteiger charge is 2.29. The van der Waals surface area contributed by atoms with E-state index in [9.17, 15) is 0 Å². The second-order valence-electron chi connectivity index (χ2n) is 6.21. The van der Waals surface area contributed by atoms with Crippen molar-refractivity contribution in [3.05, 3.63) is 29.8 Å². The van der Waals surface area contributed by atoms with Gasteiger partial charge in [0.05, 0.1) is 0 Å². The molecule has 1 aromatic rings. The van der Waals surface area contributed by atoms with E-state index in [4.69, 9.17) is 4.74 Å². The van der Waals surface area contributed by atoms with E-state index in [1.54, 1.807) is 0 Å². The van der Waals surface area contributed by atoms with Gasteiger partial charge in [-0.05, 0) is 57.0 Å². The van der Waals surface area contributed by atoms with E-state index in [1.165, 1.54) is 31.4 Å². The average molecular weight is 290 g/mol. The molecule has 1 aromatic carbocycles. The Hall–Kier alpha value is -1.06. The van der Waals surface area contributed by atoms with Gasteiger partial charge in [0.25, 0.3) is 0 Å². The molecule has 1 heterocycles. The lowest BCUT2D eigenvalue weighted by Crippen LogP contribution is -2.51. The summed E-state index contributed by atoms with van der Waals surface area (Å²) in [5, 5.41) is 3.76. The number of hydrogen-bond acceptors (Lipinski definition) is 3. The minimum atomic E-state index is 0.292. The lowest BCUT2D eigenvalue weighted by atomic mass is 9.92. The van der Waals surface area contributed by atoms with E-state index in [1.807, 2.05) is 6.07 Å². The van der Waals surface area contributed by atoms with Crippen LogP contribution in [-0.2, 0) is 0 Å². The van der Waals surface area contributed by atoms with Crippen LogP contribution in [0.1, 0.15) is 38.7 Å². The Morgan fingerprint density at radius 2 is 2.10 bits per heavy atom. The first-order valence-electron chi connectivity index (χ1n) is 8.34. The fraction of sp³-hybridized carbons (Fsp3) is 0.667. The number of hydrogen-bond donors (Lipinski definition) is 1. The van der Waals surface area contributed by atoms with Gasteiger partial charge in [-0.15, -0.1) is 0 Å². The van der Waals surface area contributed by atoms with Gasteiger partial charge >= 0.3 is 0 Å². The summed E-state index contributed by atoms with van der Waals surface area (Å²) < 4.78 is 5.90. The molecule has 21 heavy (non-hydrogen) atoms. The summed E-state index contributed by atoms with van der Waals surface area (Å²) in [6, 6.07) is 8.30. The Bertz CT molecular complexity index is 429. The van der Waals surface area contributed by atoms with Crippen molar-refractivity contribution >= 4 is 0 Å². The van der Waals surface area contributed by atoms with E-state index in [0.29, 0.717) is 5.54 Å². The molecular formula is C18H30N2O. The Morgan fingerprint density at radius 1 is 1.29 bits per heavy atom. The van der Waals surface area contributed by atoms with E-state index < -0.39 is 0 Å². The summed E-state index contributed by atoms with van der Waals surface area (Å²) in [5.41, 5.74) is 1.54. The minimum Gasteiger partial charge on any atom is -0.492 e. The van der Waals surface area contributed by atoms with Crippen LogP contribution in [0.4, 0.5) is 0 Å². The fourth-order valence-corrected chi connectivity index (χ4v) is 3.13. The third-order valence-corrected chi connectivity index (χ3v) is 4.70. The van der Waals surface area contributed by atoms with Crippen molar-refractivity contribution in [1.29, 1.82) is 0 Å². The second kappa shape index (κ2) is 7.81. The number of aryl methyl sites for hydroxylation is 1. The zero-order valence-electron chi connectivity index (χ0n) is 13.8. The standard InChI is InChI=1S/C18H30N2O/c1-4-18(5-2)15-20(11-7-10-19-18)12-13-21-17-9-6-8-16(3)14-17/h6,8-9,14,19H,4-5,7,10-13,15H2,1-3H3. The zero-order valence-corrected chi connectivity index (χ0v) is 13.8. The molecule has 0 bridgehead atoms. The molecular weight excluding hydrogens is 260 g/mol. The van der Waals surface area contributed by atoms with Crippen LogP contribution < -0.4 is 10.1 Å². The summed E-state index contributed by atoms with van der Waals surface area (Å²) in [6.07, 6.45) is 3.61. The number of rotatable bonds is 6. The maximum Gasteiger partial charge on any atom is 0.119 e. The molecule has 0 aromatic heterocycles. The molecule has 2 rings (SSSR count). The molecule has 0 amide bonds. The molecule has 118 valence electrons. The highest BCUT2D eigenvalue weighted by atomic mass is 16.5. The van der Waals surface area contributed by atoms with E-state index >= 15 is 0 Å². The summed E-state index contributed by atoms with van der Waals surface area (Å²) in [5.74, 6) is 0.986. The van der Waals surface area contributed by atoms with Gasteiger partial charge in [-0.25, -0.2) is 0 Å². The maximum absolute atomic E-state index is 5.90. The lowest BCUT2D eigenvalue weighted by molar-refractivity contribution is 0.167. The first-order valence-corrected chi connectivity index (χ1v) is 8.34. The number of nitrogens with one attached hydrogen (secondary N) is 1. The fourth-order valence-electron chi connectivity index (χ4n) is 3.13. The molecule has 0 atom stereocenters. The third-order valence-electron chi connectivity index (χ3n) is 4.70. The number of nitrogens with zero attached hydrogens (tertiary/aromatic N) is 1. The smallest absolute Gasteiger partial charge is 0.119 e. The van der Waals surface area contributed by atoms with Gasteiger partial charge in [-0.3, -0.25) is 4.90 Å². The maximum atomic E-state index is 5.90. The van der Waals surface area contributed by atoms with E-state index in [0.717, 1.165) is 32.0 Å². The van der Waals surface area contributed by atoms with Gasteiger partial charge in [0, 0.05) is 18.6 Å². The van der Waals surface area contributed by atoms with Gasteiger partial charge in [0.1, 0.15) is 12.4 Å². The Labute approximate surface area is 129 Å². The van der Waals surface area contributed by atoms with Crippen molar-refractivity contribution in [3.8, 4) is 5.75 Å². The van der Waals surface area contributed by atoms with Gasteiger partial charge in [0.15, 0.2) is 0 Å². The number of benzene rings is 1. The van der Waals surface area contributed by atoms with Crippen molar-refractivity contribution in [3.63, 3.8) is 0 Å². The van der Waals surface area contributed by atoms with Gasteiger partial charge in [-0.1, -0.05) is 26.0 Å². The first-order chi connectivity index (χ1) is 10.2. The van der Waals surface area contributed by atoms with Gasteiger partial charge in [-0.2, -0.15) is 0 Å². The van der Waals surface area contributed by atoms with Crippen molar-refractivity contribution in [2.45, 2.75) is 45.6 Å². The lowest BCUT2D eigenvalue weighted by Gasteiger charge is -2.35. The van der Waals surface area contributed by atoms with Crippen LogP contribution in [0.15, 0.2) is 24.3 Å². The van der Waals surface area contributed by atoms with Crippen LogP contribution in [0.25, 0.3) is 0 Å². The molecule has 0 unspecified atom stereocenters. The molecule has 0 saturated carbocycles. The van der Waals surface area contributed by atoms with Crippen LogP contribution in [0.5, 0.6) is 5.75 Å². The highest BCUT2D eigenvalue weighted by Crippen LogP contribution is 2.19. The topological polar surface area (TPSA) is 24.5 Å². The summed E-state index contributed by atoms with van der Waals surface area (Å²) in [4.78, 5) is 2.56. The molecule has 0 spiro atoms. The van der Waals surface area contributed by atoms with Crippen LogP contribution in [0.3, 0.4) is 0 Å². The first kappa shape index (κ1) is 16.3. The van der Waals surface area contributed by atoms with Gasteiger partial charge < -0.3 is 10.1 Å². The second-order valence-corrected chi connectivity index (χ2v) is 6.21. The Balaban J connectivity index is 1.84. The zero-order chi connectivity index (χ0) is 15.1.